The average molecular weight is 533 g/mol. The molecule has 1 aromatic heterocycles. The van der Waals surface area contributed by atoms with Crippen LogP contribution in [0.1, 0.15) is 19.6 Å². The van der Waals surface area contributed by atoms with Gasteiger partial charge in [-0.1, -0.05) is 0 Å². The topological polar surface area (TPSA) is 263 Å². The summed E-state index contributed by atoms with van der Waals surface area (Å²) in [6, 6.07) is 1.23. The Balaban J connectivity index is 1.59. The van der Waals surface area contributed by atoms with Gasteiger partial charge in [-0.3, -0.25) is 13.6 Å². The fourth-order valence-electron chi connectivity index (χ4n) is 3.23. The largest absolute Gasteiger partial charge is 0.483 e. The first kappa shape index (κ1) is 27.3. The van der Waals surface area contributed by atoms with Crippen LogP contribution >= 0.6 is 15.6 Å². The fourth-order valence-corrected chi connectivity index (χ4v) is 5.40. The van der Waals surface area contributed by atoms with Gasteiger partial charge in [0.05, 0.1) is 18.8 Å². The van der Waals surface area contributed by atoms with Crippen molar-refractivity contribution >= 4 is 21.5 Å². The Morgan fingerprint density at radius 1 is 1.15 bits per heavy atom. The van der Waals surface area contributed by atoms with Gasteiger partial charge in [0.2, 0.25) is 0 Å². The molecule has 0 radical (unpaired) electrons. The standard InChI is InChI=1S/C15H25N3O14P2/c1-6-7(19)4-8(20)14(29-6)31-34(26,27)32-33(24,25)28-5-9-11(21)12(22)13(30-9)18-3-2-10(16)17-15(18)23/h2-3,6-9,11-14,19-22H,4-5H2,1H3,(H,24,25)(H,26,27)(H2,16,17,23)/t6-,7-,8-,9-,11-,12-,13-,14-/m1/s1. The molecule has 0 spiro atoms. The Hall–Kier alpha value is -1.30. The van der Waals surface area contributed by atoms with Crippen molar-refractivity contribution < 1.29 is 62.2 Å². The Kier molecular flexibility index (Phi) is 8.32. The predicted molar refractivity (Wildman–Crippen MR) is 108 cm³/mol. The van der Waals surface area contributed by atoms with Gasteiger partial charge in [-0.15, -0.1) is 0 Å². The van der Waals surface area contributed by atoms with E-state index in [4.69, 9.17) is 15.2 Å². The van der Waals surface area contributed by atoms with Crippen molar-refractivity contribution in [2.45, 2.75) is 62.5 Å². The van der Waals surface area contributed by atoms with Crippen LogP contribution in [0, 0.1) is 0 Å². The number of rotatable bonds is 8. The lowest BCUT2D eigenvalue weighted by Crippen LogP contribution is -2.46. The summed E-state index contributed by atoms with van der Waals surface area (Å²) in [5, 5.41) is 39.7. The molecule has 17 nitrogen and oxygen atoms in total. The highest BCUT2D eigenvalue weighted by Crippen LogP contribution is 2.61. The number of phosphoric ester groups is 2. The number of nitrogens with zero attached hydrogens (tertiary/aromatic N) is 2. The van der Waals surface area contributed by atoms with Crippen molar-refractivity contribution in [3.8, 4) is 0 Å². The number of nitrogen functional groups attached to an aromatic ring is 1. The zero-order valence-corrected chi connectivity index (χ0v) is 19.3. The van der Waals surface area contributed by atoms with Crippen molar-refractivity contribution in [1.82, 2.24) is 9.55 Å². The minimum Gasteiger partial charge on any atom is -0.390 e. The van der Waals surface area contributed by atoms with E-state index >= 15 is 0 Å². The number of aliphatic hydroxyl groups is 4. The molecule has 0 aromatic carbocycles. The molecule has 34 heavy (non-hydrogen) atoms. The summed E-state index contributed by atoms with van der Waals surface area (Å²) in [4.78, 5) is 34.9. The molecule has 10 atom stereocenters. The molecule has 2 aliphatic rings. The van der Waals surface area contributed by atoms with Crippen molar-refractivity contribution in [3.63, 3.8) is 0 Å². The molecule has 0 aliphatic carbocycles. The molecule has 1 aromatic rings. The summed E-state index contributed by atoms with van der Waals surface area (Å²) < 4.78 is 48.7. The van der Waals surface area contributed by atoms with E-state index in [0.717, 1.165) is 10.8 Å². The van der Waals surface area contributed by atoms with E-state index in [9.17, 15) is 44.1 Å². The molecule has 8 N–H and O–H groups in total. The molecule has 19 heteroatoms. The third-order valence-electron chi connectivity index (χ3n) is 5.00. The monoisotopic (exact) mass is 533 g/mol. The minimum atomic E-state index is -5.35. The zero-order chi connectivity index (χ0) is 25.4. The molecule has 2 unspecified atom stereocenters. The molecule has 2 aliphatic heterocycles. The predicted octanol–water partition coefficient (Wildman–Crippen LogP) is -2.45. The highest BCUT2D eigenvalue weighted by molar-refractivity contribution is 7.61. The van der Waals surface area contributed by atoms with E-state index in [2.05, 4.69) is 18.3 Å². The van der Waals surface area contributed by atoms with E-state index < -0.39 is 77.1 Å². The van der Waals surface area contributed by atoms with Gasteiger partial charge in [-0.05, 0) is 13.0 Å². The van der Waals surface area contributed by atoms with Crippen LogP contribution in [0.15, 0.2) is 17.1 Å². The van der Waals surface area contributed by atoms with Crippen LogP contribution in [-0.2, 0) is 32.0 Å². The Bertz CT molecular complexity index is 1020. The first-order valence-corrected chi connectivity index (χ1v) is 12.8. The highest BCUT2D eigenvalue weighted by Gasteiger charge is 2.47. The van der Waals surface area contributed by atoms with Gasteiger partial charge in [0, 0.05) is 12.6 Å². The number of anilines is 1. The van der Waals surface area contributed by atoms with Crippen LogP contribution in [0.4, 0.5) is 5.82 Å². The Labute approximate surface area is 191 Å². The zero-order valence-electron chi connectivity index (χ0n) is 17.5. The maximum atomic E-state index is 12.1. The molecule has 0 amide bonds. The van der Waals surface area contributed by atoms with Crippen LogP contribution in [-0.4, -0.2) is 89.3 Å². The number of hydrogen-bond donors (Lipinski definition) is 7. The fraction of sp³-hybridized carbons (Fsp3) is 0.733. The quantitative estimate of drug-likeness (QED) is 0.171. The van der Waals surface area contributed by atoms with E-state index in [1.165, 1.54) is 13.0 Å². The molecule has 0 saturated carbocycles. The van der Waals surface area contributed by atoms with Gasteiger partial charge in [0.1, 0.15) is 30.2 Å². The molecule has 3 heterocycles. The molecule has 194 valence electrons. The normalized spacial score (nSPS) is 37.7. The van der Waals surface area contributed by atoms with Gasteiger partial charge < -0.3 is 45.4 Å². The summed E-state index contributed by atoms with van der Waals surface area (Å²) in [5.41, 5.74) is 4.48. The number of aliphatic hydroxyl groups excluding tert-OH is 4. The minimum absolute atomic E-state index is 0.0973. The molecule has 3 rings (SSSR count). The third kappa shape index (κ3) is 6.47. The van der Waals surface area contributed by atoms with Gasteiger partial charge in [0.15, 0.2) is 12.5 Å². The average Bonchev–Trinajstić information content (AvgIpc) is 2.98. The lowest BCUT2D eigenvalue weighted by Gasteiger charge is -2.35. The van der Waals surface area contributed by atoms with E-state index in [-0.39, 0.29) is 12.2 Å². The van der Waals surface area contributed by atoms with E-state index in [0.29, 0.717) is 0 Å². The Morgan fingerprint density at radius 3 is 2.47 bits per heavy atom. The van der Waals surface area contributed by atoms with Crippen molar-refractivity contribution in [1.29, 1.82) is 0 Å². The molecule has 2 saturated heterocycles. The summed E-state index contributed by atoms with van der Waals surface area (Å²) >= 11 is 0. The highest BCUT2D eigenvalue weighted by atomic mass is 31.3. The first-order chi connectivity index (χ1) is 15.7. The molecule has 2 fully saturated rings. The smallest absolute Gasteiger partial charge is 0.390 e. The second kappa shape index (κ2) is 10.4. The van der Waals surface area contributed by atoms with Crippen molar-refractivity contribution in [2.24, 2.45) is 0 Å². The number of nitrogens with two attached hydrogens (primary N) is 1. The van der Waals surface area contributed by atoms with E-state index in [1.807, 2.05) is 0 Å². The van der Waals surface area contributed by atoms with Crippen LogP contribution in [0.5, 0.6) is 0 Å². The Morgan fingerprint density at radius 2 is 1.82 bits per heavy atom. The molecule has 0 bridgehead atoms. The maximum absolute atomic E-state index is 12.1. The van der Waals surface area contributed by atoms with Gasteiger partial charge >= 0.3 is 21.3 Å². The molecular weight excluding hydrogens is 508 g/mol. The lowest BCUT2D eigenvalue weighted by atomic mass is 10.0. The number of aromatic nitrogens is 2. The third-order valence-corrected chi connectivity index (χ3v) is 7.60. The van der Waals surface area contributed by atoms with Crippen LogP contribution < -0.4 is 11.4 Å². The van der Waals surface area contributed by atoms with Gasteiger partial charge in [0.25, 0.3) is 0 Å². The van der Waals surface area contributed by atoms with E-state index in [1.54, 1.807) is 0 Å². The second-order valence-electron chi connectivity index (χ2n) is 7.59. The van der Waals surface area contributed by atoms with Crippen LogP contribution in [0.25, 0.3) is 0 Å². The molecular formula is C15H25N3O14P2. The van der Waals surface area contributed by atoms with Gasteiger partial charge in [-0.2, -0.15) is 9.29 Å². The summed E-state index contributed by atoms with van der Waals surface area (Å²) in [5.74, 6) is -0.0973. The van der Waals surface area contributed by atoms with Crippen LogP contribution in [0.3, 0.4) is 0 Å². The number of hydrogen-bond acceptors (Lipinski definition) is 14. The first-order valence-electron chi connectivity index (χ1n) is 9.77. The SMILES string of the molecule is C[C@H]1O[C@H](OP(=O)(O)OP(=O)(O)OC[C@H]2O[C@@H](n3ccc(N)nc3=O)[C@H](O)[C@@H]2O)[C@H](O)C[C@H]1O. The van der Waals surface area contributed by atoms with Crippen LogP contribution in [0.2, 0.25) is 0 Å². The summed E-state index contributed by atoms with van der Waals surface area (Å²) in [6.45, 7) is 0.477. The number of ether oxygens (including phenoxy) is 2. The van der Waals surface area contributed by atoms with Gasteiger partial charge in [-0.25, -0.2) is 13.9 Å². The van der Waals surface area contributed by atoms with Crippen molar-refractivity contribution in [3.05, 3.63) is 22.7 Å². The number of phosphoric acid groups is 2. The summed E-state index contributed by atoms with van der Waals surface area (Å²) in [6.07, 6.45) is -10.7. The second-order valence-corrected chi connectivity index (χ2v) is 10.6. The summed E-state index contributed by atoms with van der Waals surface area (Å²) in [7, 11) is -10.7. The lowest BCUT2D eigenvalue weighted by molar-refractivity contribution is -0.233. The van der Waals surface area contributed by atoms with Crippen molar-refractivity contribution in [2.75, 3.05) is 12.3 Å². The maximum Gasteiger partial charge on any atom is 0.483 e.